The van der Waals surface area contributed by atoms with E-state index in [1.165, 1.54) is 24.2 Å². The maximum atomic E-state index is 6.01. The summed E-state index contributed by atoms with van der Waals surface area (Å²) in [5, 5.41) is 8.12. The van der Waals surface area contributed by atoms with Crippen LogP contribution >= 0.6 is 0 Å². The monoisotopic (exact) mass is 279 g/mol. The lowest BCUT2D eigenvalue weighted by Gasteiger charge is -2.27. The molecule has 20 heavy (non-hydrogen) atoms. The van der Waals surface area contributed by atoms with Gasteiger partial charge >= 0.3 is 0 Å². The molecule has 2 rings (SSSR count). The fourth-order valence-electron chi connectivity index (χ4n) is 2.93. The highest BCUT2D eigenvalue weighted by molar-refractivity contribution is 5.13. The molecule has 1 N–H and O–H groups in total. The lowest BCUT2D eigenvalue weighted by Crippen LogP contribution is -2.43. The van der Waals surface area contributed by atoms with Crippen LogP contribution in [0, 0.1) is 5.92 Å². The van der Waals surface area contributed by atoms with Gasteiger partial charge in [-0.2, -0.15) is 5.10 Å². The minimum Gasteiger partial charge on any atom is -0.377 e. The number of aromatic nitrogens is 2. The van der Waals surface area contributed by atoms with Gasteiger partial charge in [0.1, 0.15) is 0 Å². The molecule has 4 heteroatoms. The molecular weight excluding hydrogens is 250 g/mol. The fourth-order valence-corrected chi connectivity index (χ4v) is 2.93. The molecule has 0 aliphatic heterocycles. The Hall–Kier alpha value is -0.870. The van der Waals surface area contributed by atoms with Crippen LogP contribution < -0.4 is 5.32 Å². The van der Waals surface area contributed by atoms with Crippen LogP contribution in [0.4, 0.5) is 0 Å². The van der Waals surface area contributed by atoms with Crippen molar-refractivity contribution in [2.24, 2.45) is 5.92 Å². The van der Waals surface area contributed by atoms with Gasteiger partial charge in [0.25, 0.3) is 0 Å². The van der Waals surface area contributed by atoms with Crippen LogP contribution in [0.15, 0.2) is 6.07 Å². The minimum absolute atomic E-state index is 0.343. The third-order valence-electron chi connectivity index (χ3n) is 4.22. The van der Waals surface area contributed by atoms with Crippen molar-refractivity contribution >= 4 is 0 Å². The Morgan fingerprint density at radius 2 is 2.15 bits per heavy atom. The van der Waals surface area contributed by atoms with Gasteiger partial charge in [-0.15, -0.1) is 0 Å². The standard InChI is InChI=1S/C16H29N3O/c1-5-13-10-14(19(6-2)18-13)11-15(17-4)16(20-7-3)12-8-9-12/h10,12,15-17H,5-9,11H2,1-4H3. The first-order chi connectivity index (χ1) is 9.73. The second-order valence-corrected chi connectivity index (χ2v) is 5.65. The molecule has 0 spiro atoms. The SMILES string of the molecule is CCOC(C1CC1)C(Cc1cc(CC)nn1CC)NC. The quantitative estimate of drug-likeness (QED) is 0.754. The molecule has 1 saturated carbocycles. The van der Waals surface area contributed by atoms with Crippen molar-refractivity contribution in [2.75, 3.05) is 13.7 Å². The Balaban J connectivity index is 2.09. The first-order valence-corrected chi connectivity index (χ1v) is 8.07. The molecule has 0 aromatic carbocycles. The third-order valence-corrected chi connectivity index (χ3v) is 4.22. The molecule has 1 heterocycles. The normalized spacial score (nSPS) is 18.2. The summed E-state index contributed by atoms with van der Waals surface area (Å²) in [5.74, 6) is 0.746. The maximum absolute atomic E-state index is 6.01. The van der Waals surface area contributed by atoms with Gasteiger partial charge in [0.05, 0.1) is 11.8 Å². The molecule has 1 aliphatic rings. The summed E-state index contributed by atoms with van der Waals surface area (Å²) in [5.41, 5.74) is 2.52. The summed E-state index contributed by atoms with van der Waals surface area (Å²) in [4.78, 5) is 0. The third kappa shape index (κ3) is 3.61. The molecule has 0 amide bonds. The van der Waals surface area contributed by atoms with Gasteiger partial charge in [0.15, 0.2) is 0 Å². The number of aryl methyl sites for hydroxylation is 2. The van der Waals surface area contributed by atoms with Crippen molar-refractivity contribution in [3.8, 4) is 0 Å². The van der Waals surface area contributed by atoms with Gasteiger partial charge < -0.3 is 10.1 Å². The van der Waals surface area contributed by atoms with Crippen molar-refractivity contribution < 1.29 is 4.74 Å². The second-order valence-electron chi connectivity index (χ2n) is 5.65. The molecule has 4 nitrogen and oxygen atoms in total. The van der Waals surface area contributed by atoms with Crippen LogP contribution in [-0.4, -0.2) is 35.6 Å². The Morgan fingerprint density at radius 3 is 2.65 bits per heavy atom. The molecule has 1 aliphatic carbocycles. The van der Waals surface area contributed by atoms with Crippen molar-refractivity contribution in [3.05, 3.63) is 17.5 Å². The van der Waals surface area contributed by atoms with E-state index in [4.69, 9.17) is 4.74 Å². The molecule has 2 atom stereocenters. The lowest BCUT2D eigenvalue weighted by atomic mass is 10.0. The molecule has 2 unspecified atom stereocenters. The highest BCUT2D eigenvalue weighted by atomic mass is 16.5. The molecule has 0 saturated heterocycles. The van der Waals surface area contributed by atoms with E-state index in [0.717, 1.165) is 31.9 Å². The first-order valence-electron chi connectivity index (χ1n) is 8.07. The molecule has 1 aromatic rings. The van der Waals surface area contributed by atoms with Crippen LogP contribution in [0.25, 0.3) is 0 Å². The number of hydrogen-bond donors (Lipinski definition) is 1. The van der Waals surface area contributed by atoms with E-state index in [-0.39, 0.29) is 0 Å². The van der Waals surface area contributed by atoms with Crippen molar-refractivity contribution in [3.63, 3.8) is 0 Å². The van der Waals surface area contributed by atoms with Crippen LogP contribution in [0.3, 0.4) is 0 Å². The summed E-state index contributed by atoms with van der Waals surface area (Å²) < 4.78 is 8.14. The number of nitrogens with one attached hydrogen (secondary N) is 1. The van der Waals surface area contributed by atoms with E-state index in [0.29, 0.717) is 12.1 Å². The molecule has 0 radical (unpaired) electrons. The van der Waals surface area contributed by atoms with Crippen molar-refractivity contribution in [2.45, 2.75) is 65.1 Å². The Labute approximate surface area is 122 Å². The second kappa shape index (κ2) is 7.23. The van der Waals surface area contributed by atoms with Crippen molar-refractivity contribution in [1.29, 1.82) is 0 Å². The van der Waals surface area contributed by atoms with Crippen LogP contribution in [0.2, 0.25) is 0 Å². The topological polar surface area (TPSA) is 39.1 Å². The highest BCUT2D eigenvalue weighted by Crippen LogP contribution is 2.36. The Bertz CT molecular complexity index is 412. The summed E-state index contributed by atoms with van der Waals surface area (Å²) in [6, 6.07) is 2.64. The zero-order valence-electron chi connectivity index (χ0n) is 13.4. The van der Waals surface area contributed by atoms with Crippen LogP contribution in [0.1, 0.15) is 45.0 Å². The molecular formula is C16H29N3O. The van der Waals surface area contributed by atoms with Crippen LogP contribution in [-0.2, 0) is 24.1 Å². The molecule has 114 valence electrons. The van der Waals surface area contributed by atoms with E-state index in [1.807, 2.05) is 7.05 Å². The predicted octanol–water partition coefficient (Wildman–Crippen LogP) is 2.41. The largest absolute Gasteiger partial charge is 0.377 e. The highest BCUT2D eigenvalue weighted by Gasteiger charge is 2.37. The number of likely N-dealkylation sites (N-methyl/N-ethyl adjacent to an activating group) is 1. The fraction of sp³-hybridized carbons (Fsp3) is 0.812. The zero-order valence-corrected chi connectivity index (χ0v) is 13.4. The van der Waals surface area contributed by atoms with Gasteiger partial charge in [-0.3, -0.25) is 4.68 Å². The lowest BCUT2D eigenvalue weighted by molar-refractivity contribution is 0.0206. The molecule has 1 aromatic heterocycles. The van der Waals surface area contributed by atoms with Gasteiger partial charge in [0, 0.05) is 31.3 Å². The van der Waals surface area contributed by atoms with Crippen molar-refractivity contribution in [1.82, 2.24) is 15.1 Å². The van der Waals surface area contributed by atoms with E-state index in [9.17, 15) is 0 Å². The number of ether oxygens (including phenoxy) is 1. The first kappa shape index (κ1) is 15.5. The summed E-state index contributed by atoms with van der Waals surface area (Å²) in [6.45, 7) is 8.15. The predicted molar refractivity (Wildman–Crippen MR) is 82.0 cm³/mol. The Kier molecular flexibility index (Phi) is 5.61. The number of nitrogens with zero attached hydrogens (tertiary/aromatic N) is 2. The van der Waals surface area contributed by atoms with Crippen LogP contribution in [0.5, 0.6) is 0 Å². The average molecular weight is 279 g/mol. The zero-order chi connectivity index (χ0) is 14.5. The van der Waals surface area contributed by atoms with E-state index >= 15 is 0 Å². The molecule has 1 fully saturated rings. The summed E-state index contributed by atoms with van der Waals surface area (Å²) >= 11 is 0. The Morgan fingerprint density at radius 1 is 1.40 bits per heavy atom. The smallest absolute Gasteiger partial charge is 0.0759 e. The number of hydrogen-bond acceptors (Lipinski definition) is 3. The number of rotatable bonds is 9. The molecule has 0 bridgehead atoms. The summed E-state index contributed by atoms with van der Waals surface area (Å²) in [7, 11) is 2.05. The van der Waals surface area contributed by atoms with Gasteiger partial charge in [0.2, 0.25) is 0 Å². The summed E-state index contributed by atoms with van der Waals surface area (Å²) in [6.07, 6.45) is 4.97. The van der Waals surface area contributed by atoms with Gasteiger partial charge in [-0.1, -0.05) is 6.92 Å². The minimum atomic E-state index is 0.343. The van der Waals surface area contributed by atoms with E-state index in [2.05, 4.69) is 41.9 Å². The van der Waals surface area contributed by atoms with E-state index < -0.39 is 0 Å². The van der Waals surface area contributed by atoms with Gasteiger partial charge in [-0.25, -0.2) is 0 Å². The van der Waals surface area contributed by atoms with E-state index in [1.54, 1.807) is 0 Å². The maximum Gasteiger partial charge on any atom is 0.0759 e. The average Bonchev–Trinajstić information content (AvgIpc) is 3.23. The van der Waals surface area contributed by atoms with Gasteiger partial charge in [-0.05, 0) is 52.1 Å².